The highest BCUT2D eigenvalue weighted by Gasteiger charge is 2.22. The Morgan fingerprint density at radius 3 is 2.35 bits per heavy atom. The lowest BCUT2D eigenvalue weighted by Crippen LogP contribution is -2.16. The van der Waals surface area contributed by atoms with Crippen LogP contribution in [0.2, 0.25) is 0 Å². The summed E-state index contributed by atoms with van der Waals surface area (Å²) in [4.78, 5) is 28.5. The Bertz CT molecular complexity index is 954. The Kier molecular flexibility index (Phi) is 4.89. The number of halogens is 1. The van der Waals surface area contributed by atoms with E-state index in [4.69, 9.17) is 5.73 Å². The molecule has 3 aromatic rings. The lowest BCUT2D eigenvalue weighted by atomic mass is 9.88. The van der Waals surface area contributed by atoms with Gasteiger partial charge in [-0.05, 0) is 53.9 Å². The molecular formula is C21H17FN2O2. The van der Waals surface area contributed by atoms with Crippen molar-refractivity contribution in [2.75, 3.05) is 0 Å². The molecule has 1 heterocycles. The third-order valence-electron chi connectivity index (χ3n) is 4.19. The summed E-state index contributed by atoms with van der Waals surface area (Å²) in [6.45, 7) is 1.48. The Morgan fingerprint density at radius 2 is 1.77 bits per heavy atom. The van der Waals surface area contributed by atoms with Crippen LogP contribution in [-0.2, 0) is 4.79 Å². The molecule has 1 atom stereocenters. The van der Waals surface area contributed by atoms with E-state index in [0.717, 1.165) is 0 Å². The van der Waals surface area contributed by atoms with Crippen LogP contribution in [0.4, 0.5) is 4.39 Å². The smallest absolute Gasteiger partial charge is 0.249 e. The van der Waals surface area contributed by atoms with Gasteiger partial charge in [0.2, 0.25) is 5.91 Å². The second kappa shape index (κ2) is 7.27. The average Bonchev–Trinajstić information content (AvgIpc) is 2.63. The zero-order chi connectivity index (χ0) is 18.7. The summed E-state index contributed by atoms with van der Waals surface area (Å²) in [5, 5.41) is 0. The number of ketones is 1. The summed E-state index contributed by atoms with van der Waals surface area (Å²) in [6.07, 6.45) is 1.62. The Labute approximate surface area is 150 Å². The highest BCUT2D eigenvalue weighted by molar-refractivity contribution is 6.00. The molecule has 5 heteroatoms. The maximum absolute atomic E-state index is 13.2. The first-order valence-electron chi connectivity index (χ1n) is 8.08. The van der Waals surface area contributed by atoms with Crippen molar-refractivity contribution in [2.24, 2.45) is 5.73 Å². The number of hydrogen-bond donors (Lipinski definition) is 1. The van der Waals surface area contributed by atoms with Crippen molar-refractivity contribution < 1.29 is 14.0 Å². The second-order valence-corrected chi connectivity index (χ2v) is 5.97. The summed E-state index contributed by atoms with van der Waals surface area (Å²) in [5.74, 6) is -1.66. The van der Waals surface area contributed by atoms with E-state index >= 15 is 0 Å². The second-order valence-electron chi connectivity index (χ2n) is 5.97. The third-order valence-corrected chi connectivity index (χ3v) is 4.19. The highest BCUT2D eigenvalue weighted by Crippen LogP contribution is 2.30. The van der Waals surface area contributed by atoms with Gasteiger partial charge in [-0.2, -0.15) is 0 Å². The molecule has 0 saturated carbocycles. The molecule has 0 aliphatic carbocycles. The number of hydrogen-bond acceptors (Lipinski definition) is 3. The number of benzene rings is 2. The number of carbonyl (C=O) groups excluding carboxylic acids is 2. The number of carbonyl (C=O) groups is 2. The number of amides is 1. The molecule has 1 unspecified atom stereocenters. The molecule has 4 nitrogen and oxygen atoms in total. The average molecular weight is 348 g/mol. The zero-order valence-corrected chi connectivity index (χ0v) is 14.1. The van der Waals surface area contributed by atoms with Gasteiger partial charge in [0.05, 0.1) is 11.6 Å². The van der Waals surface area contributed by atoms with E-state index in [2.05, 4.69) is 4.98 Å². The SMILES string of the molecule is CC(=O)C(c1ccc(-c2ccc(F)cc2)c(C(N)=O)c1)c1ccccn1. The van der Waals surface area contributed by atoms with Gasteiger partial charge in [-0.25, -0.2) is 4.39 Å². The molecule has 1 amide bonds. The molecule has 0 aliphatic rings. The molecule has 0 bridgehead atoms. The van der Waals surface area contributed by atoms with Crippen molar-refractivity contribution >= 4 is 11.7 Å². The Hall–Kier alpha value is -3.34. The van der Waals surface area contributed by atoms with E-state index in [1.54, 1.807) is 54.7 Å². The van der Waals surface area contributed by atoms with Gasteiger partial charge in [-0.1, -0.05) is 30.3 Å². The number of nitrogens with two attached hydrogens (primary N) is 1. The third kappa shape index (κ3) is 3.52. The summed E-state index contributed by atoms with van der Waals surface area (Å²) in [7, 11) is 0. The molecule has 0 radical (unpaired) electrons. The molecule has 26 heavy (non-hydrogen) atoms. The van der Waals surface area contributed by atoms with Crippen LogP contribution >= 0.6 is 0 Å². The van der Waals surface area contributed by atoms with Crippen molar-refractivity contribution in [3.8, 4) is 11.1 Å². The minimum absolute atomic E-state index is 0.0892. The van der Waals surface area contributed by atoms with Crippen LogP contribution in [0.5, 0.6) is 0 Å². The van der Waals surface area contributed by atoms with Crippen molar-refractivity contribution in [1.82, 2.24) is 4.98 Å². The molecule has 130 valence electrons. The highest BCUT2D eigenvalue weighted by atomic mass is 19.1. The van der Waals surface area contributed by atoms with E-state index in [1.165, 1.54) is 19.1 Å². The van der Waals surface area contributed by atoms with Crippen LogP contribution in [-0.4, -0.2) is 16.7 Å². The predicted octanol–water partition coefficient (Wildman–Crippen LogP) is 3.71. The van der Waals surface area contributed by atoms with Crippen LogP contribution in [0, 0.1) is 5.82 Å². The molecule has 3 rings (SSSR count). The minimum Gasteiger partial charge on any atom is -0.366 e. The normalized spacial score (nSPS) is 11.8. The maximum atomic E-state index is 13.2. The summed E-state index contributed by atoms with van der Waals surface area (Å²) >= 11 is 0. The first-order valence-corrected chi connectivity index (χ1v) is 8.08. The van der Waals surface area contributed by atoms with E-state index < -0.39 is 11.8 Å². The van der Waals surface area contributed by atoms with Gasteiger partial charge in [-0.3, -0.25) is 14.6 Å². The number of primary amides is 1. The molecule has 1 aromatic heterocycles. The Morgan fingerprint density at radius 1 is 1.04 bits per heavy atom. The molecular weight excluding hydrogens is 331 g/mol. The largest absolute Gasteiger partial charge is 0.366 e. The maximum Gasteiger partial charge on any atom is 0.249 e. The van der Waals surface area contributed by atoms with E-state index in [0.29, 0.717) is 22.4 Å². The van der Waals surface area contributed by atoms with Crippen molar-refractivity contribution in [3.05, 3.63) is 89.5 Å². The molecule has 0 spiro atoms. The summed E-state index contributed by atoms with van der Waals surface area (Å²) < 4.78 is 13.2. The number of pyridine rings is 1. The van der Waals surface area contributed by atoms with Gasteiger partial charge >= 0.3 is 0 Å². The van der Waals surface area contributed by atoms with Crippen molar-refractivity contribution in [2.45, 2.75) is 12.8 Å². The molecule has 0 aliphatic heterocycles. The lowest BCUT2D eigenvalue weighted by molar-refractivity contribution is -0.117. The van der Waals surface area contributed by atoms with E-state index in [1.807, 2.05) is 0 Å². The van der Waals surface area contributed by atoms with Crippen molar-refractivity contribution in [1.29, 1.82) is 0 Å². The molecule has 2 N–H and O–H groups in total. The van der Waals surface area contributed by atoms with Gasteiger partial charge in [-0.15, -0.1) is 0 Å². The molecule has 0 saturated heterocycles. The standard InChI is InChI=1S/C21H17FN2O2/c1-13(25)20(19-4-2-3-11-24-19)15-7-10-17(18(12-15)21(23)26)14-5-8-16(22)9-6-14/h2-12,20H,1H3,(H2,23,26). The van der Waals surface area contributed by atoms with Gasteiger partial charge in [0.25, 0.3) is 0 Å². The monoisotopic (exact) mass is 348 g/mol. The first kappa shape index (κ1) is 17.5. The quantitative estimate of drug-likeness (QED) is 0.764. The van der Waals surface area contributed by atoms with Crippen LogP contribution in [0.15, 0.2) is 66.9 Å². The summed E-state index contributed by atoms with van der Waals surface area (Å²) in [5.41, 5.74) is 8.32. The number of rotatable bonds is 5. The molecule has 2 aromatic carbocycles. The van der Waals surface area contributed by atoms with Gasteiger partial charge in [0, 0.05) is 11.8 Å². The lowest BCUT2D eigenvalue weighted by Gasteiger charge is -2.16. The predicted molar refractivity (Wildman–Crippen MR) is 97.1 cm³/mol. The fourth-order valence-electron chi connectivity index (χ4n) is 2.99. The van der Waals surface area contributed by atoms with E-state index in [9.17, 15) is 14.0 Å². The fourth-order valence-corrected chi connectivity index (χ4v) is 2.99. The zero-order valence-electron chi connectivity index (χ0n) is 14.1. The van der Waals surface area contributed by atoms with Crippen LogP contribution < -0.4 is 5.73 Å². The van der Waals surface area contributed by atoms with E-state index in [-0.39, 0.29) is 17.2 Å². The van der Waals surface area contributed by atoms with Gasteiger partial charge < -0.3 is 5.73 Å². The van der Waals surface area contributed by atoms with Crippen LogP contribution in [0.1, 0.15) is 34.5 Å². The van der Waals surface area contributed by atoms with Crippen LogP contribution in [0.3, 0.4) is 0 Å². The number of Topliss-reactive ketones (excluding diaryl/α,β-unsaturated/α-hetero) is 1. The van der Waals surface area contributed by atoms with Crippen LogP contribution in [0.25, 0.3) is 11.1 Å². The summed E-state index contributed by atoms with van der Waals surface area (Å²) in [6, 6.07) is 16.3. The number of nitrogens with zero attached hydrogens (tertiary/aromatic N) is 1. The minimum atomic E-state index is -0.616. The van der Waals surface area contributed by atoms with Gasteiger partial charge in [0.15, 0.2) is 0 Å². The molecule has 0 fully saturated rings. The van der Waals surface area contributed by atoms with Crippen molar-refractivity contribution in [3.63, 3.8) is 0 Å². The Balaban J connectivity index is 2.12. The topological polar surface area (TPSA) is 73.1 Å². The fraction of sp³-hybridized carbons (Fsp3) is 0.0952. The van der Waals surface area contributed by atoms with Gasteiger partial charge in [0.1, 0.15) is 11.6 Å². The number of aromatic nitrogens is 1. The first-order chi connectivity index (χ1) is 12.5.